The molecule has 1 unspecified atom stereocenters. The van der Waals surface area contributed by atoms with Crippen LogP contribution < -0.4 is 10.2 Å². The molecular weight excluding hydrogens is 425 g/mol. The molecule has 28 heavy (non-hydrogen) atoms. The molecule has 9 heteroatoms. The highest BCUT2D eigenvalue weighted by molar-refractivity contribution is 6.37. The summed E-state index contributed by atoms with van der Waals surface area (Å²) in [5.41, 5.74) is 0.823. The number of piperidine rings is 1. The molecular formula is C19H18Cl3N3O3. The topological polar surface area (TPSA) is 75.5 Å². The molecule has 0 spiro atoms. The van der Waals surface area contributed by atoms with E-state index in [0.717, 1.165) is 19.3 Å². The summed E-state index contributed by atoms with van der Waals surface area (Å²) in [5, 5.41) is 14.9. The van der Waals surface area contributed by atoms with E-state index >= 15 is 0 Å². The lowest BCUT2D eigenvalue weighted by Gasteiger charge is -2.35. The first-order valence-electron chi connectivity index (χ1n) is 8.79. The fourth-order valence-corrected chi connectivity index (χ4v) is 3.92. The largest absolute Gasteiger partial charge is 0.363 e. The van der Waals surface area contributed by atoms with Crippen molar-refractivity contribution in [2.24, 2.45) is 0 Å². The normalized spacial score (nSPS) is 16.7. The first kappa shape index (κ1) is 20.7. The average molecular weight is 443 g/mol. The van der Waals surface area contributed by atoms with Gasteiger partial charge in [-0.25, -0.2) is 0 Å². The van der Waals surface area contributed by atoms with Crippen LogP contribution in [0.2, 0.25) is 15.1 Å². The van der Waals surface area contributed by atoms with Crippen molar-refractivity contribution in [1.82, 2.24) is 0 Å². The summed E-state index contributed by atoms with van der Waals surface area (Å²) in [5.74, 6) is -0.499. The van der Waals surface area contributed by atoms with Gasteiger partial charge in [0.1, 0.15) is 5.69 Å². The van der Waals surface area contributed by atoms with Gasteiger partial charge in [0, 0.05) is 23.7 Å². The van der Waals surface area contributed by atoms with E-state index in [1.54, 1.807) is 12.1 Å². The van der Waals surface area contributed by atoms with Crippen LogP contribution in [0.4, 0.5) is 17.1 Å². The highest BCUT2D eigenvalue weighted by Gasteiger charge is 2.28. The molecule has 0 aliphatic carbocycles. The van der Waals surface area contributed by atoms with Gasteiger partial charge in [-0.3, -0.25) is 14.9 Å². The molecule has 2 aromatic rings. The average Bonchev–Trinajstić information content (AvgIpc) is 2.65. The first-order chi connectivity index (χ1) is 13.3. The number of nitrogens with zero attached hydrogens (tertiary/aromatic N) is 2. The van der Waals surface area contributed by atoms with Crippen LogP contribution in [0.5, 0.6) is 0 Å². The van der Waals surface area contributed by atoms with Crippen LogP contribution in [-0.4, -0.2) is 23.4 Å². The van der Waals surface area contributed by atoms with Gasteiger partial charge in [0.25, 0.3) is 11.6 Å². The number of hydrogen-bond donors (Lipinski definition) is 1. The molecule has 148 valence electrons. The Balaban J connectivity index is 1.99. The van der Waals surface area contributed by atoms with Gasteiger partial charge in [0.2, 0.25) is 0 Å². The van der Waals surface area contributed by atoms with E-state index in [2.05, 4.69) is 5.32 Å². The van der Waals surface area contributed by atoms with Crippen LogP contribution >= 0.6 is 34.8 Å². The van der Waals surface area contributed by atoms with Crippen molar-refractivity contribution < 1.29 is 9.72 Å². The zero-order valence-electron chi connectivity index (χ0n) is 15.0. The van der Waals surface area contributed by atoms with Crippen molar-refractivity contribution >= 4 is 57.8 Å². The maximum absolute atomic E-state index is 12.6. The van der Waals surface area contributed by atoms with Gasteiger partial charge in [0.05, 0.1) is 26.2 Å². The van der Waals surface area contributed by atoms with Gasteiger partial charge < -0.3 is 10.2 Å². The fourth-order valence-electron chi connectivity index (χ4n) is 3.34. The molecule has 1 amide bonds. The summed E-state index contributed by atoms with van der Waals surface area (Å²) in [4.78, 5) is 25.7. The number of carbonyl (C=O) groups excluding carboxylic acids is 1. The van der Waals surface area contributed by atoms with Gasteiger partial charge in [-0.05, 0) is 50.5 Å². The van der Waals surface area contributed by atoms with Crippen LogP contribution in [0.15, 0.2) is 30.3 Å². The summed E-state index contributed by atoms with van der Waals surface area (Å²) in [6, 6.07) is 7.53. The van der Waals surface area contributed by atoms with Crippen molar-refractivity contribution in [3.8, 4) is 0 Å². The van der Waals surface area contributed by atoms with Crippen LogP contribution in [0.1, 0.15) is 36.5 Å². The van der Waals surface area contributed by atoms with Crippen molar-refractivity contribution in [3.05, 3.63) is 61.1 Å². The third-order valence-corrected chi connectivity index (χ3v) is 5.67. The number of hydrogen-bond acceptors (Lipinski definition) is 4. The van der Waals surface area contributed by atoms with Gasteiger partial charge in [-0.1, -0.05) is 34.8 Å². The van der Waals surface area contributed by atoms with E-state index in [9.17, 15) is 14.9 Å². The molecule has 6 nitrogen and oxygen atoms in total. The van der Waals surface area contributed by atoms with Crippen molar-refractivity contribution in [3.63, 3.8) is 0 Å². The van der Waals surface area contributed by atoms with Crippen LogP contribution in [0.3, 0.4) is 0 Å². The zero-order chi connectivity index (χ0) is 20.4. The lowest BCUT2D eigenvalue weighted by atomic mass is 10.0. The minimum Gasteiger partial charge on any atom is -0.363 e. The minimum absolute atomic E-state index is 0.0756. The number of benzene rings is 2. The Morgan fingerprint density at radius 1 is 1.18 bits per heavy atom. The number of halogens is 3. The number of nitro benzene ring substituents is 1. The number of nitrogens with one attached hydrogen (secondary N) is 1. The SMILES string of the molecule is CC1CCCCN1c1cc(NC(=O)c2cc(Cl)ccc2Cl)c(Cl)cc1[N+](=O)[O-]. The minimum atomic E-state index is -0.499. The van der Waals surface area contributed by atoms with Gasteiger partial charge in [-0.15, -0.1) is 0 Å². The predicted octanol–water partition coefficient (Wildman–Crippen LogP) is 6.19. The lowest BCUT2D eigenvalue weighted by molar-refractivity contribution is -0.384. The van der Waals surface area contributed by atoms with Gasteiger partial charge in [0.15, 0.2) is 0 Å². The van der Waals surface area contributed by atoms with E-state index in [4.69, 9.17) is 34.8 Å². The standard InChI is InChI=1S/C19H18Cl3N3O3/c1-11-4-2-3-7-24(11)17-10-16(15(22)9-18(17)25(27)28)23-19(26)13-8-12(20)5-6-14(13)21/h5-6,8-11H,2-4,7H2,1H3,(H,23,26). The fraction of sp³-hybridized carbons (Fsp3) is 0.316. The number of anilines is 2. The predicted molar refractivity (Wildman–Crippen MR) is 113 cm³/mol. The second-order valence-electron chi connectivity index (χ2n) is 6.69. The zero-order valence-corrected chi connectivity index (χ0v) is 17.3. The Labute approximate surface area is 177 Å². The summed E-state index contributed by atoms with van der Waals surface area (Å²) in [7, 11) is 0. The molecule has 0 bridgehead atoms. The summed E-state index contributed by atoms with van der Waals surface area (Å²) < 4.78 is 0. The van der Waals surface area contributed by atoms with E-state index in [0.29, 0.717) is 17.3 Å². The van der Waals surface area contributed by atoms with Crippen molar-refractivity contribution in [1.29, 1.82) is 0 Å². The molecule has 1 heterocycles. The monoisotopic (exact) mass is 441 g/mol. The van der Waals surface area contributed by atoms with Crippen molar-refractivity contribution in [2.45, 2.75) is 32.2 Å². The van der Waals surface area contributed by atoms with Crippen LogP contribution in [0.25, 0.3) is 0 Å². The Morgan fingerprint density at radius 2 is 1.93 bits per heavy atom. The van der Waals surface area contributed by atoms with E-state index in [1.807, 2.05) is 11.8 Å². The molecule has 3 rings (SSSR count). The Kier molecular flexibility index (Phi) is 6.33. The van der Waals surface area contributed by atoms with Crippen molar-refractivity contribution in [2.75, 3.05) is 16.8 Å². The smallest absolute Gasteiger partial charge is 0.294 e. The number of rotatable bonds is 4. The third-order valence-electron chi connectivity index (χ3n) is 4.79. The molecule has 0 aromatic heterocycles. The Bertz CT molecular complexity index is 936. The maximum Gasteiger partial charge on any atom is 0.294 e. The van der Waals surface area contributed by atoms with E-state index in [1.165, 1.54) is 18.2 Å². The highest BCUT2D eigenvalue weighted by Crippen LogP contribution is 2.39. The molecule has 1 fully saturated rings. The van der Waals surface area contributed by atoms with E-state index in [-0.39, 0.29) is 33.0 Å². The summed E-state index contributed by atoms with van der Waals surface area (Å²) in [6.45, 7) is 2.73. The van der Waals surface area contributed by atoms with Gasteiger partial charge in [-0.2, -0.15) is 0 Å². The van der Waals surface area contributed by atoms with E-state index < -0.39 is 10.8 Å². The second kappa shape index (κ2) is 8.55. The number of amides is 1. The summed E-state index contributed by atoms with van der Waals surface area (Å²) in [6.07, 6.45) is 2.97. The number of carbonyl (C=O) groups is 1. The molecule has 0 saturated carbocycles. The lowest BCUT2D eigenvalue weighted by Crippen LogP contribution is -2.37. The molecule has 1 aliphatic heterocycles. The maximum atomic E-state index is 12.6. The molecule has 1 atom stereocenters. The highest BCUT2D eigenvalue weighted by atomic mass is 35.5. The van der Waals surface area contributed by atoms with Crippen LogP contribution in [0, 0.1) is 10.1 Å². The molecule has 1 aliphatic rings. The third kappa shape index (κ3) is 4.35. The summed E-state index contributed by atoms with van der Waals surface area (Å²) >= 11 is 18.3. The number of nitro groups is 1. The molecule has 1 saturated heterocycles. The Hall–Kier alpha value is -2.02. The molecule has 2 aromatic carbocycles. The quantitative estimate of drug-likeness (QED) is 0.453. The second-order valence-corrected chi connectivity index (χ2v) is 7.95. The van der Waals surface area contributed by atoms with Crippen LogP contribution in [-0.2, 0) is 0 Å². The Morgan fingerprint density at radius 3 is 2.61 bits per heavy atom. The molecule has 0 radical (unpaired) electrons. The molecule has 1 N–H and O–H groups in total. The van der Waals surface area contributed by atoms with Gasteiger partial charge >= 0.3 is 0 Å². The first-order valence-corrected chi connectivity index (χ1v) is 9.92.